The highest BCUT2D eigenvalue weighted by molar-refractivity contribution is 9.10. The molecule has 1 saturated heterocycles. The molecule has 0 unspecified atom stereocenters. The highest BCUT2D eigenvalue weighted by Gasteiger charge is 2.25. The van der Waals surface area contributed by atoms with Gasteiger partial charge in [-0.3, -0.25) is 14.3 Å². The maximum Gasteiger partial charge on any atom is 0.264 e. The van der Waals surface area contributed by atoms with E-state index in [1.807, 2.05) is 4.90 Å². The number of benzene rings is 3. The first kappa shape index (κ1) is 26.5. The van der Waals surface area contributed by atoms with Crippen molar-refractivity contribution in [2.45, 2.75) is 17.7 Å². The predicted molar refractivity (Wildman–Crippen MR) is 147 cm³/mol. The Hall–Kier alpha value is -3.57. The molecule has 3 aromatic carbocycles. The van der Waals surface area contributed by atoms with Gasteiger partial charge in [-0.15, -0.1) is 0 Å². The van der Waals surface area contributed by atoms with Crippen molar-refractivity contribution in [3.05, 3.63) is 76.8 Å². The van der Waals surface area contributed by atoms with Gasteiger partial charge in [-0.25, -0.2) is 8.42 Å². The van der Waals surface area contributed by atoms with Gasteiger partial charge in [-0.05, 0) is 79.6 Å². The standard InChI is InChI=1S/C26H27BrN4O5S/c1-36-22-11-8-20(9-12-22)30-37(34,35)24-16-21(10-13-23(24)31-14-2-3-15-31)29-25(32)17-28-26(33)18-4-6-19(27)7-5-18/h4-13,16,30H,2-3,14-15,17H2,1H3,(H,28,33)(H,29,32). The van der Waals surface area contributed by atoms with Gasteiger partial charge in [0.05, 0.1) is 19.3 Å². The van der Waals surface area contributed by atoms with Crippen molar-refractivity contribution in [2.75, 3.05) is 41.7 Å². The van der Waals surface area contributed by atoms with Crippen molar-refractivity contribution in [3.8, 4) is 5.75 Å². The second-order valence-electron chi connectivity index (χ2n) is 8.45. The number of nitrogens with one attached hydrogen (secondary N) is 3. The topological polar surface area (TPSA) is 117 Å². The number of carbonyl (C=O) groups is 2. The van der Waals surface area contributed by atoms with Crippen molar-refractivity contribution in [1.82, 2.24) is 5.32 Å². The van der Waals surface area contributed by atoms with Gasteiger partial charge in [-0.2, -0.15) is 0 Å². The molecule has 9 nitrogen and oxygen atoms in total. The highest BCUT2D eigenvalue weighted by atomic mass is 79.9. The third kappa shape index (κ3) is 6.80. The molecule has 11 heteroatoms. The van der Waals surface area contributed by atoms with Crippen LogP contribution in [0, 0.1) is 0 Å². The number of sulfonamides is 1. The number of methoxy groups -OCH3 is 1. The minimum atomic E-state index is -3.98. The number of ether oxygens (including phenoxy) is 1. The molecule has 0 aromatic heterocycles. The Morgan fingerprint density at radius 3 is 2.24 bits per heavy atom. The number of nitrogens with zero attached hydrogens (tertiary/aromatic N) is 1. The quantitative estimate of drug-likeness (QED) is 0.345. The fourth-order valence-electron chi connectivity index (χ4n) is 3.96. The van der Waals surface area contributed by atoms with Crippen molar-refractivity contribution in [3.63, 3.8) is 0 Å². The minimum Gasteiger partial charge on any atom is -0.497 e. The summed E-state index contributed by atoms with van der Waals surface area (Å²) in [7, 11) is -2.45. The molecule has 0 saturated carbocycles. The summed E-state index contributed by atoms with van der Waals surface area (Å²) in [5.41, 5.74) is 1.68. The predicted octanol–water partition coefficient (Wildman–Crippen LogP) is 4.23. The number of hydrogen-bond acceptors (Lipinski definition) is 6. The molecule has 3 aromatic rings. The Bertz CT molecular complexity index is 1370. The molecular weight excluding hydrogens is 560 g/mol. The summed E-state index contributed by atoms with van der Waals surface area (Å²) in [6, 6.07) is 18.1. The third-order valence-corrected chi connectivity index (χ3v) is 7.78. The minimum absolute atomic E-state index is 0.0573. The molecule has 1 aliphatic heterocycles. The van der Waals surface area contributed by atoms with Gasteiger partial charge < -0.3 is 20.3 Å². The molecule has 2 amide bonds. The van der Waals surface area contributed by atoms with Crippen LogP contribution < -0.4 is 25.0 Å². The average Bonchev–Trinajstić information content (AvgIpc) is 3.43. The van der Waals surface area contributed by atoms with E-state index in [2.05, 4.69) is 31.3 Å². The van der Waals surface area contributed by atoms with Crippen LogP contribution in [0.2, 0.25) is 0 Å². The van der Waals surface area contributed by atoms with Crippen LogP contribution in [-0.4, -0.2) is 47.0 Å². The van der Waals surface area contributed by atoms with Crippen LogP contribution in [-0.2, 0) is 14.8 Å². The summed E-state index contributed by atoms with van der Waals surface area (Å²) < 4.78 is 35.4. The van der Waals surface area contributed by atoms with E-state index in [9.17, 15) is 18.0 Å². The zero-order chi connectivity index (χ0) is 26.4. The lowest BCUT2D eigenvalue weighted by molar-refractivity contribution is -0.115. The van der Waals surface area contributed by atoms with E-state index in [1.165, 1.54) is 13.2 Å². The van der Waals surface area contributed by atoms with Crippen LogP contribution in [0.4, 0.5) is 17.1 Å². The smallest absolute Gasteiger partial charge is 0.264 e. The zero-order valence-corrected chi connectivity index (χ0v) is 22.6. The van der Waals surface area contributed by atoms with Crippen LogP contribution in [0.3, 0.4) is 0 Å². The van der Waals surface area contributed by atoms with E-state index in [-0.39, 0.29) is 17.3 Å². The van der Waals surface area contributed by atoms with E-state index >= 15 is 0 Å². The number of halogens is 1. The Labute approximate surface area is 224 Å². The van der Waals surface area contributed by atoms with E-state index in [4.69, 9.17) is 4.74 Å². The zero-order valence-electron chi connectivity index (χ0n) is 20.2. The van der Waals surface area contributed by atoms with Crippen molar-refractivity contribution in [1.29, 1.82) is 0 Å². The fraction of sp³-hybridized carbons (Fsp3) is 0.231. The van der Waals surface area contributed by atoms with Gasteiger partial charge in [0.1, 0.15) is 10.6 Å². The molecule has 37 heavy (non-hydrogen) atoms. The molecule has 0 spiro atoms. The fourth-order valence-corrected chi connectivity index (χ4v) is 5.54. The van der Waals surface area contributed by atoms with Crippen LogP contribution in [0.25, 0.3) is 0 Å². The lowest BCUT2D eigenvalue weighted by atomic mass is 10.2. The summed E-state index contributed by atoms with van der Waals surface area (Å²) in [4.78, 5) is 26.9. The van der Waals surface area contributed by atoms with Gasteiger partial charge >= 0.3 is 0 Å². The molecule has 0 bridgehead atoms. The Morgan fingerprint density at radius 2 is 1.59 bits per heavy atom. The average molecular weight is 587 g/mol. The second-order valence-corrected chi connectivity index (χ2v) is 11.0. The lowest BCUT2D eigenvalue weighted by Crippen LogP contribution is -2.33. The molecule has 4 rings (SSSR count). The van der Waals surface area contributed by atoms with Crippen molar-refractivity contribution in [2.24, 2.45) is 0 Å². The molecule has 194 valence electrons. The normalized spacial score (nSPS) is 13.2. The van der Waals surface area contributed by atoms with Crippen molar-refractivity contribution < 1.29 is 22.7 Å². The molecule has 1 fully saturated rings. The molecule has 1 aliphatic rings. The molecule has 1 heterocycles. The summed E-state index contributed by atoms with van der Waals surface area (Å²) >= 11 is 3.31. The first-order valence-electron chi connectivity index (χ1n) is 11.6. The van der Waals surface area contributed by atoms with E-state index in [0.717, 1.165) is 30.4 Å². The van der Waals surface area contributed by atoms with Crippen LogP contribution in [0.1, 0.15) is 23.2 Å². The van der Waals surface area contributed by atoms with Gasteiger partial charge in [0, 0.05) is 34.5 Å². The number of anilines is 3. The summed E-state index contributed by atoms with van der Waals surface area (Å²) in [5, 5.41) is 5.24. The maximum atomic E-state index is 13.4. The lowest BCUT2D eigenvalue weighted by Gasteiger charge is -2.22. The van der Waals surface area contributed by atoms with Crippen LogP contribution in [0.15, 0.2) is 76.1 Å². The number of rotatable bonds is 9. The molecule has 3 N–H and O–H groups in total. The SMILES string of the molecule is COc1ccc(NS(=O)(=O)c2cc(NC(=O)CNC(=O)c3ccc(Br)cc3)ccc2N2CCCC2)cc1. The number of hydrogen-bond donors (Lipinski definition) is 3. The Balaban J connectivity index is 1.51. The number of carbonyl (C=O) groups excluding carboxylic acids is 2. The molecule has 0 radical (unpaired) electrons. The first-order valence-corrected chi connectivity index (χ1v) is 13.9. The Kier molecular flexibility index (Phi) is 8.34. The Morgan fingerprint density at radius 1 is 0.946 bits per heavy atom. The molecule has 0 aliphatic carbocycles. The maximum absolute atomic E-state index is 13.4. The summed E-state index contributed by atoms with van der Waals surface area (Å²) in [5.74, 6) is -0.262. The van der Waals surface area contributed by atoms with Crippen LogP contribution in [0.5, 0.6) is 5.75 Å². The van der Waals surface area contributed by atoms with E-state index in [1.54, 1.807) is 60.7 Å². The summed E-state index contributed by atoms with van der Waals surface area (Å²) in [6.07, 6.45) is 1.95. The number of amides is 2. The van der Waals surface area contributed by atoms with Gasteiger partial charge in [0.15, 0.2) is 0 Å². The van der Waals surface area contributed by atoms with E-state index < -0.39 is 15.9 Å². The third-order valence-electron chi connectivity index (χ3n) is 5.84. The van der Waals surface area contributed by atoms with E-state index in [0.29, 0.717) is 28.4 Å². The van der Waals surface area contributed by atoms with Crippen LogP contribution >= 0.6 is 15.9 Å². The monoisotopic (exact) mass is 586 g/mol. The van der Waals surface area contributed by atoms with Gasteiger partial charge in [0.25, 0.3) is 15.9 Å². The molecule has 0 atom stereocenters. The second kappa shape index (κ2) is 11.7. The molecular formula is C26H27BrN4O5S. The summed E-state index contributed by atoms with van der Waals surface area (Å²) in [6.45, 7) is 1.23. The van der Waals surface area contributed by atoms with Gasteiger partial charge in [0.2, 0.25) is 5.91 Å². The van der Waals surface area contributed by atoms with Crippen molar-refractivity contribution >= 4 is 54.8 Å². The largest absolute Gasteiger partial charge is 0.497 e. The highest BCUT2D eigenvalue weighted by Crippen LogP contribution is 2.32. The first-order chi connectivity index (χ1) is 17.7. The van der Waals surface area contributed by atoms with Gasteiger partial charge in [-0.1, -0.05) is 15.9 Å².